The summed E-state index contributed by atoms with van der Waals surface area (Å²) in [5.74, 6) is -0.658. The lowest BCUT2D eigenvalue weighted by atomic mass is 10.1. The van der Waals surface area contributed by atoms with Crippen molar-refractivity contribution in [3.63, 3.8) is 0 Å². The van der Waals surface area contributed by atoms with Crippen LogP contribution in [0.3, 0.4) is 0 Å². The van der Waals surface area contributed by atoms with E-state index in [4.69, 9.17) is 0 Å². The van der Waals surface area contributed by atoms with Crippen LogP contribution < -0.4 is 10.6 Å². The van der Waals surface area contributed by atoms with E-state index in [1.165, 1.54) is 4.90 Å². The van der Waals surface area contributed by atoms with Gasteiger partial charge >= 0.3 is 6.03 Å². The molecule has 0 saturated carbocycles. The van der Waals surface area contributed by atoms with Gasteiger partial charge in [0.15, 0.2) is 0 Å². The van der Waals surface area contributed by atoms with Gasteiger partial charge in [0.2, 0.25) is 11.8 Å². The maximum absolute atomic E-state index is 12.8. The van der Waals surface area contributed by atoms with Gasteiger partial charge in [0, 0.05) is 25.9 Å². The van der Waals surface area contributed by atoms with Crippen molar-refractivity contribution in [3.8, 4) is 0 Å². The molecule has 2 aromatic carbocycles. The molecule has 5 amide bonds. The number of nitrogens with zero attached hydrogens (tertiary/aromatic N) is 2. The number of likely N-dealkylation sites (tertiary alicyclic amines) is 2. The lowest BCUT2D eigenvalue weighted by Crippen LogP contribution is -2.53. The van der Waals surface area contributed by atoms with E-state index in [9.17, 15) is 19.2 Å². The normalized spacial score (nSPS) is 20.5. The molecule has 8 nitrogen and oxygen atoms in total. The van der Waals surface area contributed by atoms with Gasteiger partial charge in [-0.15, -0.1) is 0 Å². The van der Waals surface area contributed by atoms with Crippen LogP contribution in [0.25, 0.3) is 0 Å². The summed E-state index contributed by atoms with van der Waals surface area (Å²) >= 11 is 0. The number of hydrogen-bond donors (Lipinski definition) is 2. The van der Waals surface area contributed by atoms with E-state index in [1.54, 1.807) is 4.90 Å². The van der Waals surface area contributed by atoms with Crippen molar-refractivity contribution in [3.05, 3.63) is 71.8 Å². The van der Waals surface area contributed by atoms with Gasteiger partial charge in [-0.2, -0.15) is 0 Å². The van der Waals surface area contributed by atoms with E-state index in [0.717, 1.165) is 11.1 Å². The number of carbonyl (C=O) groups excluding carboxylic acids is 4. The molecule has 2 heterocycles. The van der Waals surface area contributed by atoms with E-state index in [0.29, 0.717) is 32.4 Å². The van der Waals surface area contributed by atoms with Gasteiger partial charge in [0.05, 0.1) is 0 Å². The van der Waals surface area contributed by atoms with Crippen LogP contribution in [0.15, 0.2) is 60.7 Å². The van der Waals surface area contributed by atoms with Gasteiger partial charge in [-0.25, -0.2) is 4.79 Å². The largest absolute Gasteiger partial charge is 0.326 e. The third kappa shape index (κ3) is 4.96. The summed E-state index contributed by atoms with van der Waals surface area (Å²) in [6.45, 7) is 0.710. The highest BCUT2D eigenvalue weighted by Crippen LogP contribution is 2.22. The van der Waals surface area contributed by atoms with Crippen molar-refractivity contribution < 1.29 is 19.2 Å². The van der Waals surface area contributed by atoms with Crippen molar-refractivity contribution in [1.82, 2.24) is 20.4 Å². The number of imide groups is 1. The fraction of sp³-hybridized carbons (Fsp3) is 0.333. The third-order valence-electron chi connectivity index (χ3n) is 5.88. The number of benzene rings is 2. The van der Waals surface area contributed by atoms with Crippen LogP contribution in [0.4, 0.5) is 4.79 Å². The van der Waals surface area contributed by atoms with E-state index in [-0.39, 0.29) is 18.2 Å². The average Bonchev–Trinajstić information content (AvgIpc) is 3.32. The van der Waals surface area contributed by atoms with Crippen molar-refractivity contribution >= 4 is 23.8 Å². The fourth-order valence-corrected chi connectivity index (χ4v) is 4.23. The predicted octanol–water partition coefficient (Wildman–Crippen LogP) is 2.15. The minimum atomic E-state index is -0.695. The molecule has 0 unspecified atom stereocenters. The zero-order valence-electron chi connectivity index (χ0n) is 17.7. The molecule has 2 aromatic rings. The molecule has 0 spiro atoms. The third-order valence-corrected chi connectivity index (χ3v) is 5.88. The first-order chi connectivity index (χ1) is 15.5. The Labute approximate surface area is 186 Å². The summed E-state index contributed by atoms with van der Waals surface area (Å²) in [4.78, 5) is 53.0. The predicted molar refractivity (Wildman–Crippen MR) is 117 cm³/mol. The molecular weight excluding hydrogens is 408 g/mol. The molecule has 2 aliphatic rings. The second-order valence-electron chi connectivity index (χ2n) is 8.09. The van der Waals surface area contributed by atoms with Crippen molar-refractivity contribution in [2.24, 2.45) is 0 Å². The van der Waals surface area contributed by atoms with E-state index >= 15 is 0 Å². The maximum atomic E-state index is 12.8. The number of hydrogen-bond acceptors (Lipinski definition) is 4. The van der Waals surface area contributed by atoms with Crippen molar-refractivity contribution in [2.45, 2.75) is 51.0 Å². The molecule has 4 rings (SSSR count). The highest BCUT2D eigenvalue weighted by Gasteiger charge is 2.37. The number of amides is 5. The highest BCUT2D eigenvalue weighted by molar-refractivity contribution is 6.00. The van der Waals surface area contributed by atoms with Gasteiger partial charge < -0.3 is 15.1 Å². The first-order valence-electron chi connectivity index (χ1n) is 10.8. The van der Waals surface area contributed by atoms with Gasteiger partial charge in [-0.1, -0.05) is 60.7 Å². The summed E-state index contributed by atoms with van der Waals surface area (Å²) in [5.41, 5.74) is 1.89. The second-order valence-corrected chi connectivity index (χ2v) is 8.09. The molecule has 32 heavy (non-hydrogen) atoms. The molecule has 2 fully saturated rings. The molecule has 8 heteroatoms. The van der Waals surface area contributed by atoms with E-state index in [2.05, 4.69) is 10.6 Å². The molecule has 2 atom stereocenters. The summed E-state index contributed by atoms with van der Waals surface area (Å²) in [5, 5.41) is 5.10. The monoisotopic (exact) mass is 434 g/mol. The topological polar surface area (TPSA) is 98.8 Å². The number of nitrogens with one attached hydrogen (secondary N) is 2. The molecule has 0 bridgehead atoms. The van der Waals surface area contributed by atoms with Gasteiger partial charge in [-0.3, -0.25) is 19.7 Å². The number of urea groups is 1. The Hall–Kier alpha value is -3.68. The first kappa shape index (κ1) is 21.5. The SMILES string of the molecule is O=C(NC(=O)[C@H]1CCC(=O)N1Cc1ccccc1)N[C@H]1CCC(=O)N1Cc1ccccc1. The van der Waals surface area contributed by atoms with Crippen LogP contribution in [0.2, 0.25) is 0 Å². The quantitative estimate of drug-likeness (QED) is 0.728. The molecule has 0 aromatic heterocycles. The van der Waals surface area contributed by atoms with Crippen LogP contribution in [0, 0.1) is 0 Å². The lowest BCUT2D eigenvalue weighted by molar-refractivity contribution is -0.135. The zero-order chi connectivity index (χ0) is 22.5. The minimum absolute atomic E-state index is 0.0408. The van der Waals surface area contributed by atoms with Crippen LogP contribution >= 0.6 is 0 Å². The molecule has 2 saturated heterocycles. The van der Waals surface area contributed by atoms with E-state index < -0.39 is 24.1 Å². The molecular formula is C24H26N4O4. The van der Waals surface area contributed by atoms with Crippen molar-refractivity contribution in [1.29, 1.82) is 0 Å². The molecule has 0 aliphatic carbocycles. The summed E-state index contributed by atoms with van der Waals surface area (Å²) < 4.78 is 0. The molecule has 0 radical (unpaired) electrons. The Bertz CT molecular complexity index is 996. The fourth-order valence-electron chi connectivity index (χ4n) is 4.23. The number of carbonyl (C=O) groups is 4. The Morgan fingerprint density at radius 2 is 1.31 bits per heavy atom. The molecule has 2 N–H and O–H groups in total. The minimum Gasteiger partial charge on any atom is -0.326 e. The maximum Gasteiger partial charge on any atom is 0.323 e. The molecule has 2 aliphatic heterocycles. The van der Waals surface area contributed by atoms with Gasteiger partial charge in [0.25, 0.3) is 5.91 Å². The highest BCUT2D eigenvalue weighted by atomic mass is 16.2. The van der Waals surface area contributed by atoms with Crippen LogP contribution in [-0.2, 0) is 27.5 Å². The molecule has 166 valence electrons. The Morgan fingerprint density at radius 3 is 1.94 bits per heavy atom. The van der Waals surface area contributed by atoms with Gasteiger partial charge in [-0.05, 0) is 24.0 Å². The van der Waals surface area contributed by atoms with E-state index in [1.807, 2.05) is 60.7 Å². The lowest BCUT2D eigenvalue weighted by Gasteiger charge is -2.27. The zero-order valence-corrected chi connectivity index (χ0v) is 17.7. The Balaban J connectivity index is 1.35. The summed E-state index contributed by atoms with van der Waals surface area (Å²) in [6, 6.07) is 17.6. The van der Waals surface area contributed by atoms with Gasteiger partial charge in [0.1, 0.15) is 12.2 Å². The summed E-state index contributed by atoms with van der Waals surface area (Å²) in [6.07, 6.45) is 0.978. The second kappa shape index (κ2) is 9.64. The standard InChI is InChI=1S/C24H26N4O4/c29-21-13-11-19(27(21)15-17-7-3-1-4-8-17)23(31)26-24(32)25-20-12-14-22(30)28(20)16-18-9-5-2-6-10-18/h1-10,19-20H,11-16H2,(H2,25,26,31,32)/t19-,20-/m1/s1. The smallest absolute Gasteiger partial charge is 0.323 e. The Morgan fingerprint density at radius 1 is 0.781 bits per heavy atom. The van der Waals surface area contributed by atoms with Crippen LogP contribution in [0.1, 0.15) is 36.8 Å². The average molecular weight is 434 g/mol. The Kier molecular flexibility index (Phi) is 6.49. The summed E-state index contributed by atoms with van der Waals surface area (Å²) in [7, 11) is 0. The first-order valence-corrected chi connectivity index (χ1v) is 10.8. The van der Waals surface area contributed by atoms with Crippen molar-refractivity contribution in [2.75, 3.05) is 0 Å². The van der Waals surface area contributed by atoms with Crippen LogP contribution in [0.5, 0.6) is 0 Å². The van der Waals surface area contributed by atoms with Crippen LogP contribution in [-0.4, -0.2) is 45.8 Å². The number of rotatable bonds is 6.